The molecule has 2 aromatic rings. The van der Waals surface area contributed by atoms with E-state index in [0.717, 1.165) is 25.2 Å². The zero-order valence-electron chi connectivity index (χ0n) is 22.4. The number of nitrogens with one attached hydrogen (secondary N) is 1. The standard InChI is InChI=1S/C29H34F5N3O2S.ClH/c30-40(31,32,33,34)24-8-4-7-21(15-24)28(38)35-22-13-14-36(16-22)29(39)27-25-17-37(18-26(25)27)23-11-9-20(10-12-23)19-5-2-1-3-6-19;/h1-8,15,20,22-23,25-27H,9-14,16-18H2,(H,35,38);1H/t20?,22-,23?,25-,26+,27?;/m1./s1. The fourth-order valence-electron chi connectivity index (χ4n) is 7.16. The smallest absolute Gasteiger partial charge is 0.310 e. The Morgan fingerprint density at radius 2 is 1.46 bits per heavy atom. The first kappa shape index (κ1) is 30.1. The monoisotopic (exact) mass is 619 g/mol. The Kier molecular flexibility index (Phi) is 7.43. The van der Waals surface area contributed by atoms with Crippen molar-refractivity contribution in [2.45, 2.75) is 55.0 Å². The van der Waals surface area contributed by atoms with Crippen LogP contribution in [-0.2, 0) is 4.79 Å². The molecule has 2 aromatic carbocycles. The van der Waals surface area contributed by atoms with Crippen molar-refractivity contribution >= 4 is 34.4 Å². The molecule has 2 aliphatic heterocycles. The van der Waals surface area contributed by atoms with Crippen LogP contribution in [0.15, 0.2) is 59.5 Å². The highest BCUT2D eigenvalue weighted by atomic mass is 35.5. The SMILES string of the molecule is Cl.O=C(N[C@@H]1CCN(C(=O)C2[C@H]3CN(C4CCC(c5ccccc5)CC4)C[C@@H]23)C1)c1cccc(S(F)(F)(F)(F)F)c1. The number of benzene rings is 2. The average molecular weight is 620 g/mol. The lowest BCUT2D eigenvalue weighted by Gasteiger charge is -2.40. The first-order valence-corrected chi connectivity index (χ1v) is 15.9. The second kappa shape index (κ2) is 10.1. The molecule has 41 heavy (non-hydrogen) atoms. The fourth-order valence-corrected chi connectivity index (χ4v) is 7.84. The molecule has 226 valence electrons. The summed E-state index contributed by atoms with van der Waals surface area (Å²) in [6, 6.07) is 13.2. The molecule has 2 heterocycles. The van der Waals surface area contributed by atoms with Gasteiger partial charge in [0.15, 0.2) is 0 Å². The number of halogens is 6. The first-order chi connectivity index (χ1) is 18.8. The number of hydrogen-bond donors (Lipinski definition) is 1. The minimum Gasteiger partial charge on any atom is -0.347 e. The van der Waals surface area contributed by atoms with Crippen molar-refractivity contribution in [3.8, 4) is 0 Å². The van der Waals surface area contributed by atoms with Gasteiger partial charge in [0.25, 0.3) is 5.91 Å². The summed E-state index contributed by atoms with van der Waals surface area (Å²) in [6.45, 7) is 2.61. The number of carbonyl (C=O) groups is 2. The van der Waals surface area contributed by atoms with Gasteiger partial charge in [0.1, 0.15) is 4.90 Å². The van der Waals surface area contributed by atoms with Gasteiger partial charge in [0, 0.05) is 49.7 Å². The summed E-state index contributed by atoms with van der Waals surface area (Å²) >= 11 is 0. The van der Waals surface area contributed by atoms with Crippen LogP contribution in [0.2, 0.25) is 0 Å². The zero-order chi connectivity index (χ0) is 28.3. The molecule has 1 unspecified atom stereocenters. The van der Waals surface area contributed by atoms with Crippen molar-refractivity contribution in [3.05, 3.63) is 65.7 Å². The van der Waals surface area contributed by atoms with E-state index in [0.29, 0.717) is 36.8 Å². The average Bonchev–Trinajstić information content (AvgIpc) is 3.22. The zero-order valence-corrected chi connectivity index (χ0v) is 24.1. The maximum absolute atomic E-state index is 13.2. The van der Waals surface area contributed by atoms with E-state index in [4.69, 9.17) is 0 Å². The summed E-state index contributed by atoms with van der Waals surface area (Å²) in [7, 11) is -9.88. The van der Waals surface area contributed by atoms with Gasteiger partial charge in [-0.2, -0.15) is 0 Å². The number of hydrogen-bond acceptors (Lipinski definition) is 3. The Morgan fingerprint density at radius 3 is 2.10 bits per heavy atom. The van der Waals surface area contributed by atoms with Gasteiger partial charge in [0.2, 0.25) is 5.91 Å². The molecule has 4 fully saturated rings. The number of nitrogens with zero attached hydrogens (tertiary/aromatic N) is 2. The summed E-state index contributed by atoms with van der Waals surface area (Å²) in [6.07, 6.45) is 5.20. The Bertz CT molecular complexity index is 1300. The number of carbonyl (C=O) groups excluding carboxylic acids is 2. The van der Waals surface area contributed by atoms with Crippen molar-refractivity contribution in [1.29, 1.82) is 0 Å². The largest absolute Gasteiger partial charge is 0.347 e. The number of likely N-dealkylation sites (tertiary alicyclic amines) is 2. The van der Waals surface area contributed by atoms with Gasteiger partial charge in [-0.3, -0.25) is 14.5 Å². The molecule has 4 aliphatic rings. The summed E-state index contributed by atoms with van der Waals surface area (Å²) in [4.78, 5) is 28.0. The van der Waals surface area contributed by atoms with E-state index in [-0.39, 0.29) is 42.9 Å². The number of rotatable bonds is 6. The van der Waals surface area contributed by atoms with Crippen molar-refractivity contribution in [2.24, 2.45) is 17.8 Å². The molecular weight excluding hydrogens is 585 g/mol. The molecule has 0 bridgehead atoms. The van der Waals surface area contributed by atoms with Crippen LogP contribution in [0.5, 0.6) is 0 Å². The lowest BCUT2D eigenvalue weighted by molar-refractivity contribution is -0.132. The Hall–Kier alpha value is -2.37. The van der Waals surface area contributed by atoms with Gasteiger partial charge < -0.3 is 10.2 Å². The number of fused-ring (bicyclic) bond motifs is 1. The van der Waals surface area contributed by atoms with Crippen LogP contribution in [0.1, 0.15) is 53.9 Å². The van der Waals surface area contributed by atoms with E-state index >= 15 is 0 Å². The van der Waals surface area contributed by atoms with Crippen molar-refractivity contribution in [3.63, 3.8) is 0 Å². The van der Waals surface area contributed by atoms with Gasteiger partial charge in [-0.25, -0.2) is 0 Å². The molecule has 5 nitrogen and oxygen atoms in total. The first-order valence-electron chi connectivity index (χ1n) is 14.0. The topological polar surface area (TPSA) is 52.7 Å². The predicted octanol–water partition coefficient (Wildman–Crippen LogP) is 7.00. The lowest BCUT2D eigenvalue weighted by Crippen LogP contribution is -2.41. The van der Waals surface area contributed by atoms with E-state index in [9.17, 15) is 29.0 Å². The van der Waals surface area contributed by atoms with Gasteiger partial charge in [-0.05, 0) is 73.6 Å². The normalized spacial score (nSPS) is 31.4. The minimum absolute atomic E-state index is 0. The molecular formula is C29H35ClF5N3O2S. The third kappa shape index (κ3) is 6.37. The van der Waals surface area contributed by atoms with Gasteiger partial charge >= 0.3 is 10.2 Å². The Labute approximate surface area is 243 Å². The summed E-state index contributed by atoms with van der Waals surface area (Å²) < 4.78 is 65.7. The molecule has 2 saturated carbocycles. The molecule has 0 spiro atoms. The molecule has 0 aromatic heterocycles. The summed E-state index contributed by atoms with van der Waals surface area (Å²) in [5.74, 6) is 0.584. The molecule has 0 radical (unpaired) electrons. The second-order valence-corrected chi connectivity index (χ2v) is 14.4. The van der Waals surface area contributed by atoms with E-state index < -0.39 is 32.6 Å². The van der Waals surface area contributed by atoms with Gasteiger partial charge in [-0.1, -0.05) is 55.8 Å². The molecule has 12 heteroatoms. The maximum atomic E-state index is 13.2. The molecule has 4 atom stereocenters. The Balaban J connectivity index is 0.00000337. The lowest BCUT2D eigenvalue weighted by atomic mass is 9.81. The van der Waals surface area contributed by atoms with Crippen molar-refractivity contribution in [2.75, 3.05) is 26.2 Å². The maximum Gasteiger partial charge on any atom is 0.310 e. The summed E-state index contributed by atoms with van der Waals surface area (Å²) in [5, 5.41) is 2.62. The van der Waals surface area contributed by atoms with E-state index in [1.165, 1.54) is 31.2 Å². The number of amides is 2. The van der Waals surface area contributed by atoms with Gasteiger partial charge in [0.05, 0.1) is 0 Å². The van der Waals surface area contributed by atoms with Gasteiger partial charge in [-0.15, -0.1) is 12.4 Å². The molecule has 1 N–H and O–H groups in total. The Morgan fingerprint density at radius 1 is 0.805 bits per heavy atom. The van der Waals surface area contributed by atoms with E-state index in [2.05, 4.69) is 40.5 Å². The molecule has 2 amide bonds. The van der Waals surface area contributed by atoms with Crippen LogP contribution in [0, 0.1) is 17.8 Å². The van der Waals surface area contributed by atoms with Crippen LogP contribution in [-0.4, -0.2) is 59.9 Å². The fraction of sp³-hybridized carbons (Fsp3) is 0.517. The summed E-state index contributed by atoms with van der Waals surface area (Å²) in [5.41, 5.74) is 0.943. The van der Waals surface area contributed by atoms with Crippen LogP contribution < -0.4 is 5.32 Å². The van der Waals surface area contributed by atoms with Crippen LogP contribution in [0.3, 0.4) is 0 Å². The third-order valence-electron chi connectivity index (χ3n) is 9.37. The van der Waals surface area contributed by atoms with E-state index in [1.54, 1.807) is 4.90 Å². The number of piperidine rings is 1. The van der Waals surface area contributed by atoms with Crippen molar-refractivity contribution in [1.82, 2.24) is 15.1 Å². The van der Waals surface area contributed by atoms with Crippen molar-refractivity contribution < 1.29 is 29.0 Å². The highest BCUT2D eigenvalue weighted by Crippen LogP contribution is 3.02. The quantitative estimate of drug-likeness (QED) is 0.354. The highest BCUT2D eigenvalue weighted by Gasteiger charge is 2.65. The minimum atomic E-state index is -9.88. The molecule has 6 rings (SSSR count). The van der Waals surface area contributed by atoms with E-state index in [1.807, 2.05) is 0 Å². The third-order valence-corrected chi connectivity index (χ3v) is 10.5. The van der Waals surface area contributed by atoms with Crippen LogP contribution >= 0.6 is 22.6 Å². The van der Waals surface area contributed by atoms with Crippen LogP contribution in [0.4, 0.5) is 19.4 Å². The highest BCUT2D eigenvalue weighted by molar-refractivity contribution is 8.45. The molecule has 2 saturated heterocycles. The van der Waals surface area contributed by atoms with Crippen LogP contribution in [0.25, 0.3) is 0 Å². The molecule has 2 aliphatic carbocycles. The second-order valence-electron chi connectivity index (χ2n) is 12.0. The predicted molar refractivity (Wildman–Crippen MR) is 151 cm³/mol.